The molecule has 0 aromatic carbocycles. The Morgan fingerprint density at radius 3 is 2.87 bits per heavy atom. The van der Waals surface area contributed by atoms with E-state index >= 15 is 0 Å². The maximum absolute atomic E-state index is 10.1. The zero-order chi connectivity index (χ0) is 11.1. The van der Waals surface area contributed by atoms with Gasteiger partial charge in [-0.15, -0.1) is 0 Å². The van der Waals surface area contributed by atoms with Crippen molar-refractivity contribution >= 4 is 6.09 Å². The molecule has 5 nitrogen and oxygen atoms in total. The van der Waals surface area contributed by atoms with Crippen LogP contribution in [0.2, 0.25) is 0 Å². The van der Waals surface area contributed by atoms with E-state index in [-0.39, 0.29) is 0 Å². The Morgan fingerprint density at radius 2 is 2.27 bits per heavy atom. The third-order valence-corrected chi connectivity index (χ3v) is 1.90. The van der Waals surface area contributed by atoms with E-state index in [0.29, 0.717) is 13.1 Å². The zero-order valence-corrected chi connectivity index (χ0v) is 8.75. The van der Waals surface area contributed by atoms with Gasteiger partial charge in [0, 0.05) is 6.54 Å². The van der Waals surface area contributed by atoms with Crippen molar-refractivity contribution in [1.82, 2.24) is 10.6 Å². The standard InChI is InChI=1S/C10H16N2O3/c1-8-3-4-9(15-8)7-11-5-2-6-12-10(13)14/h3-4,11-12H,2,5-7H2,1H3,(H,13,14). The summed E-state index contributed by atoms with van der Waals surface area (Å²) in [5.41, 5.74) is 0. The van der Waals surface area contributed by atoms with E-state index < -0.39 is 6.09 Å². The van der Waals surface area contributed by atoms with Gasteiger partial charge in [0.1, 0.15) is 11.5 Å². The quantitative estimate of drug-likeness (QED) is 0.622. The van der Waals surface area contributed by atoms with Crippen LogP contribution in [-0.2, 0) is 6.54 Å². The number of aryl methyl sites for hydroxylation is 1. The van der Waals surface area contributed by atoms with Crippen LogP contribution >= 0.6 is 0 Å². The largest absolute Gasteiger partial charge is 0.465 e. The molecule has 0 spiro atoms. The van der Waals surface area contributed by atoms with Crippen LogP contribution in [-0.4, -0.2) is 24.3 Å². The summed E-state index contributed by atoms with van der Waals surface area (Å²) < 4.78 is 5.36. The minimum atomic E-state index is -0.975. The second kappa shape index (κ2) is 6.08. The lowest BCUT2D eigenvalue weighted by atomic mass is 10.4. The summed E-state index contributed by atoms with van der Waals surface area (Å²) in [6.07, 6.45) is -0.205. The predicted molar refractivity (Wildman–Crippen MR) is 55.8 cm³/mol. The molecule has 0 aliphatic rings. The average Bonchev–Trinajstić information content (AvgIpc) is 2.57. The van der Waals surface area contributed by atoms with Gasteiger partial charge >= 0.3 is 6.09 Å². The minimum Gasteiger partial charge on any atom is -0.465 e. The Bertz CT molecular complexity index is 309. The maximum Gasteiger partial charge on any atom is 0.404 e. The predicted octanol–water partition coefficient (Wildman–Crippen LogP) is 1.34. The van der Waals surface area contributed by atoms with Gasteiger partial charge in [-0.2, -0.15) is 0 Å². The number of nitrogens with one attached hydrogen (secondary N) is 2. The number of carboxylic acid groups (broad SMARTS) is 1. The summed E-state index contributed by atoms with van der Waals surface area (Å²) in [7, 11) is 0. The van der Waals surface area contributed by atoms with Gasteiger partial charge in [0.15, 0.2) is 0 Å². The molecule has 1 heterocycles. The van der Waals surface area contributed by atoms with Gasteiger partial charge in [0.05, 0.1) is 6.54 Å². The Balaban J connectivity index is 2.00. The molecule has 1 rings (SSSR count). The molecule has 5 heteroatoms. The molecule has 0 bridgehead atoms. The molecular weight excluding hydrogens is 196 g/mol. The molecule has 3 N–H and O–H groups in total. The summed E-state index contributed by atoms with van der Waals surface area (Å²) >= 11 is 0. The minimum absolute atomic E-state index is 0.472. The smallest absolute Gasteiger partial charge is 0.404 e. The van der Waals surface area contributed by atoms with Gasteiger partial charge in [-0.25, -0.2) is 4.79 Å². The lowest BCUT2D eigenvalue weighted by Gasteiger charge is -2.02. The lowest BCUT2D eigenvalue weighted by molar-refractivity contribution is 0.194. The van der Waals surface area contributed by atoms with Crippen molar-refractivity contribution in [2.45, 2.75) is 19.9 Å². The lowest BCUT2D eigenvalue weighted by Crippen LogP contribution is -2.25. The fourth-order valence-electron chi connectivity index (χ4n) is 1.20. The van der Waals surface area contributed by atoms with E-state index in [1.54, 1.807) is 0 Å². The molecule has 0 radical (unpaired) electrons. The average molecular weight is 212 g/mol. The van der Waals surface area contributed by atoms with Crippen molar-refractivity contribution < 1.29 is 14.3 Å². The van der Waals surface area contributed by atoms with E-state index in [1.165, 1.54) is 0 Å². The highest BCUT2D eigenvalue weighted by atomic mass is 16.4. The second-order valence-corrected chi connectivity index (χ2v) is 3.27. The Labute approximate surface area is 88.5 Å². The Morgan fingerprint density at radius 1 is 1.47 bits per heavy atom. The summed E-state index contributed by atoms with van der Waals surface area (Å²) in [6, 6.07) is 3.85. The molecule has 0 saturated carbocycles. The van der Waals surface area contributed by atoms with Gasteiger partial charge in [0.2, 0.25) is 0 Å². The maximum atomic E-state index is 10.1. The summed E-state index contributed by atoms with van der Waals surface area (Å²) in [6.45, 7) is 3.82. The van der Waals surface area contributed by atoms with Crippen molar-refractivity contribution in [3.8, 4) is 0 Å². The first-order valence-corrected chi connectivity index (χ1v) is 4.91. The van der Waals surface area contributed by atoms with Crippen LogP contribution in [0.25, 0.3) is 0 Å². The SMILES string of the molecule is Cc1ccc(CNCCCNC(=O)O)o1. The summed E-state index contributed by atoms with van der Waals surface area (Å²) in [4.78, 5) is 10.1. The molecule has 0 unspecified atom stereocenters. The normalized spacial score (nSPS) is 10.2. The molecule has 0 aliphatic carbocycles. The monoisotopic (exact) mass is 212 g/mol. The number of rotatable bonds is 6. The molecule has 0 aliphatic heterocycles. The molecule has 0 fully saturated rings. The zero-order valence-electron chi connectivity index (χ0n) is 8.75. The van der Waals surface area contributed by atoms with Crippen LogP contribution in [0.5, 0.6) is 0 Å². The van der Waals surface area contributed by atoms with Crippen molar-refractivity contribution in [2.24, 2.45) is 0 Å². The van der Waals surface area contributed by atoms with E-state index in [0.717, 1.165) is 24.5 Å². The molecule has 1 aromatic rings. The third kappa shape index (κ3) is 5.07. The van der Waals surface area contributed by atoms with E-state index in [9.17, 15) is 4.79 Å². The molecule has 0 atom stereocenters. The molecule has 0 saturated heterocycles. The van der Waals surface area contributed by atoms with Crippen LogP contribution < -0.4 is 10.6 Å². The van der Waals surface area contributed by atoms with Gasteiger partial charge in [-0.1, -0.05) is 0 Å². The van der Waals surface area contributed by atoms with Crippen LogP contribution in [0, 0.1) is 6.92 Å². The summed E-state index contributed by atoms with van der Waals surface area (Å²) in [5, 5.41) is 13.8. The summed E-state index contributed by atoms with van der Waals surface area (Å²) in [5.74, 6) is 1.80. The van der Waals surface area contributed by atoms with Crippen LogP contribution in [0.3, 0.4) is 0 Å². The Kier molecular flexibility index (Phi) is 4.70. The molecule has 1 amide bonds. The van der Waals surface area contributed by atoms with Crippen molar-refractivity contribution in [3.05, 3.63) is 23.7 Å². The first kappa shape index (κ1) is 11.6. The molecule has 1 aromatic heterocycles. The van der Waals surface area contributed by atoms with Gasteiger partial charge in [-0.05, 0) is 32.0 Å². The highest BCUT2D eigenvalue weighted by molar-refractivity contribution is 5.64. The van der Waals surface area contributed by atoms with Gasteiger partial charge in [0.25, 0.3) is 0 Å². The highest BCUT2D eigenvalue weighted by Gasteiger charge is 1.97. The highest BCUT2D eigenvalue weighted by Crippen LogP contribution is 2.04. The Hall–Kier alpha value is -1.49. The third-order valence-electron chi connectivity index (χ3n) is 1.90. The number of hydrogen-bond donors (Lipinski definition) is 3. The van der Waals surface area contributed by atoms with Gasteiger partial charge in [-0.3, -0.25) is 0 Å². The molecule has 15 heavy (non-hydrogen) atoms. The first-order valence-electron chi connectivity index (χ1n) is 4.91. The van der Waals surface area contributed by atoms with Crippen molar-refractivity contribution in [3.63, 3.8) is 0 Å². The second-order valence-electron chi connectivity index (χ2n) is 3.27. The number of carbonyl (C=O) groups is 1. The van der Waals surface area contributed by atoms with Crippen LogP contribution in [0.15, 0.2) is 16.5 Å². The fourth-order valence-corrected chi connectivity index (χ4v) is 1.20. The van der Waals surface area contributed by atoms with Crippen molar-refractivity contribution in [1.29, 1.82) is 0 Å². The number of furan rings is 1. The molecule has 84 valence electrons. The van der Waals surface area contributed by atoms with Crippen LogP contribution in [0.1, 0.15) is 17.9 Å². The van der Waals surface area contributed by atoms with Crippen LogP contribution in [0.4, 0.5) is 4.79 Å². The van der Waals surface area contributed by atoms with E-state index in [4.69, 9.17) is 9.52 Å². The fraction of sp³-hybridized carbons (Fsp3) is 0.500. The van der Waals surface area contributed by atoms with E-state index in [1.807, 2.05) is 19.1 Å². The molecular formula is C10H16N2O3. The number of amides is 1. The van der Waals surface area contributed by atoms with Crippen molar-refractivity contribution in [2.75, 3.05) is 13.1 Å². The van der Waals surface area contributed by atoms with Gasteiger partial charge < -0.3 is 20.2 Å². The first-order chi connectivity index (χ1) is 7.18. The number of hydrogen-bond acceptors (Lipinski definition) is 3. The topological polar surface area (TPSA) is 74.5 Å². The van der Waals surface area contributed by atoms with E-state index in [2.05, 4.69) is 10.6 Å².